The maximum atomic E-state index is 13.6. The predicted molar refractivity (Wildman–Crippen MR) is 150 cm³/mol. The van der Waals surface area contributed by atoms with Crippen LogP contribution in [0.4, 0.5) is 10.5 Å². The van der Waals surface area contributed by atoms with E-state index in [-0.39, 0.29) is 36.6 Å². The third-order valence-electron chi connectivity index (χ3n) is 7.79. The Morgan fingerprint density at radius 1 is 0.976 bits per heavy atom. The van der Waals surface area contributed by atoms with Gasteiger partial charge in [0.15, 0.2) is 5.70 Å². The number of likely N-dealkylation sites (tertiary alicyclic amines) is 1. The molecule has 11 heteroatoms. The summed E-state index contributed by atoms with van der Waals surface area (Å²) in [6.07, 6.45) is 4.59. The number of methoxy groups -OCH3 is 3. The molecular weight excluding hydrogens is 542 g/mol. The van der Waals surface area contributed by atoms with Gasteiger partial charge in [-0.15, -0.1) is 12.3 Å². The molecule has 2 aromatic carbocycles. The fourth-order valence-corrected chi connectivity index (χ4v) is 6.15. The molecule has 3 heterocycles. The smallest absolute Gasteiger partial charge is 0.416 e. The highest BCUT2D eigenvalue weighted by Crippen LogP contribution is 2.58. The minimum atomic E-state index is -1.25. The van der Waals surface area contributed by atoms with Gasteiger partial charge in [0.25, 0.3) is 0 Å². The number of hydrogen-bond donors (Lipinski definition) is 0. The second kappa shape index (κ2) is 11.4. The van der Waals surface area contributed by atoms with Crippen LogP contribution in [0.2, 0.25) is 0 Å². The summed E-state index contributed by atoms with van der Waals surface area (Å²) in [5.74, 6) is 0.0458. The molecule has 3 aliphatic heterocycles. The molecule has 42 heavy (non-hydrogen) atoms. The van der Waals surface area contributed by atoms with Gasteiger partial charge in [0.1, 0.15) is 18.5 Å². The maximum absolute atomic E-state index is 13.6. The molecule has 3 atom stereocenters. The highest BCUT2D eigenvalue weighted by molar-refractivity contribution is 6.16. The average Bonchev–Trinajstić information content (AvgIpc) is 3.51. The number of anilines is 1. The van der Waals surface area contributed by atoms with E-state index in [1.165, 1.54) is 14.2 Å². The van der Waals surface area contributed by atoms with Crippen molar-refractivity contribution in [2.24, 2.45) is 4.99 Å². The summed E-state index contributed by atoms with van der Waals surface area (Å²) in [4.78, 5) is 61.3. The zero-order chi connectivity index (χ0) is 30.0. The summed E-state index contributed by atoms with van der Waals surface area (Å²) in [7, 11) is 3.58. The Bertz CT molecular complexity index is 1540. The van der Waals surface area contributed by atoms with Crippen molar-refractivity contribution in [1.29, 1.82) is 0 Å². The third kappa shape index (κ3) is 4.36. The second-order valence-corrected chi connectivity index (χ2v) is 9.87. The van der Waals surface area contributed by atoms with Crippen LogP contribution in [-0.2, 0) is 45.3 Å². The van der Waals surface area contributed by atoms with Gasteiger partial charge in [0.05, 0.1) is 38.4 Å². The zero-order valence-electron chi connectivity index (χ0n) is 23.4. The molecule has 1 saturated heterocycles. The van der Waals surface area contributed by atoms with Gasteiger partial charge in [-0.2, -0.15) is 0 Å². The minimum Gasteiger partial charge on any atom is -0.467 e. The zero-order valence-corrected chi connectivity index (χ0v) is 23.4. The number of ether oxygens (including phenoxy) is 4. The number of para-hydroxylation sites is 1. The van der Waals surface area contributed by atoms with Gasteiger partial charge in [0, 0.05) is 18.7 Å². The van der Waals surface area contributed by atoms with E-state index in [2.05, 4.69) is 10.9 Å². The lowest BCUT2D eigenvalue weighted by Gasteiger charge is -2.40. The molecule has 2 aromatic rings. The van der Waals surface area contributed by atoms with E-state index in [1.54, 1.807) is 0 Å². The Balaban J connectivity index is 1.81. The molecular formula is C31H29N3O8. The van der Waals surface area contributed by atoms with Crippen LogP contribution in [0.5, 0.6) is 0 Å². The van der Waals surface area contributed by atoms with Crippen LogP contribution in [0.1, 0.15) is 24.0 Å². The molecule has 1 fully saturated rings. The molecule has 0 aromatic heterocycles. The van der Waals surface area contributed by atoms with E-state index in [1.807, 2.05) is 59.5 Å². The summed E-state index contributed by atoms with van der Waals surface area (Å²) in [6, 6.07) is 14.9. The van der Waals surface area contributed by atoms with Crippen LogP contribution in [0.25, 0.3) is 0 Å². The Hall–Kier alpha value is -5.11. The predicted octanol–water partition coefficient (Wildman–Crippen LogP) is 2.73. The van der Waals surface area contributed by atoms with Gasteiger partial charge in [-0.1, -0.05) is 48.5 Å². The number of nitrogens with zero attached hydrogens (tertiary/aromatic N) is 3. The van der Waals surface area contributed by atoms with Crippen molar-refractivity contribution in [3.05, 3.63) is 77.0 Å². The number of amides is 1. The summed E-state index contributed by atoms with van der Waals surface area (Å²) in [5, 5.41) is 0. The number of aliphatic imine (C=N–C) groups is 1. The van der Waals surface area contributed by atoms with Gasteiger partial charge >= 0.3 is 24.0 Å². The molecule has 5 rings (SSSR count). The highest BCUT2D eigenvalue weighted by atomic mass is 16.6. The highest BCUT2D eigenvalue weighted by Gasteiger charge is 2.68. The standard InChI is InChI=1S/C31H29N3O8/c1-5-6-16-42-30(38)34-22(26(35)39-2)17-31-20-14-10-11-15-21(20)33(18-19-12-8-7-9-13-19)25(31)23(27(36)40-3)24(28(37)41-4)32-29(31)34/h1,7-15,22,25H,6,16-18H2,2-4H3/t22-,25-,31-/m0/s1. The van der Waals surface area contributed by atoms with Crippen LogP contribution >= 0.6 is 0 Å². The summed E-state index contributed by atoms with van der Waals surface area (Å²) in [6.45, 7) is 0.218. The second-order valence-electron chi connectivity index (χ2n) is 9.87. The normalized spacial score (nSPS) is 21.8. The van der Waals surface area contributed by atoms with Crippen molar-refractivity contribution in [2.45, 2.75) is 36.9 Å². The Morgan fingerprint density at radius 2 is 1.67 bits per heavy atom. The molecule has 0 unspecified atom stereocenters. The fourth-order valence-electron chi connectivity index (χ4n) is 6.15. The molecule has 0 N–H and O–H groups in total. The van der Waals surface area contributed by atoms with E-state index < -0.39 is 41.5 Å². The molecule has 0 bridgehead atoms. The van der Waals surface area contributed by atoms with Crippen molar-refractivity contribution < 1.29 is 38.1 Å². The van der Waals surface area contributed by atoms with E-state index >= 15 is 0 Å². The summed E-state index contributed by atoms with van der Waals surface area (Å²) < 4.78 is 20.8. The third-order valence-corrected chi connectivity index (χ3v) is 7.79. The Kier molecular flexibility index (Phi) is 7.72. The number of amidine groups is 1. The maximum Gasteiger partial charge on any atom is 0.416 e. The number of hydrogen-bond acceptors (Lipinski definition) is 10. The number of terminal acetylenes is 1. The lowest BCUT2D eigenvalue weighted by molar-refractivity contribution is -0.144. The number of carbonyl (C=O) groups is 4. The van der Waals surface area contributed by atoms with Crippen LogP contribution in [0.15, 0.2) is 70.9 Å². The molecule has 0 radical (unpaired) electrons. The quantitative estimate of drug-likeness (QED) is 0.214. The van der Waals surface area contributed by atoms with Gasteiger partial charge < -0.3 is 23.8 Å². The average molecular weight is 572 g/mol. The number of esters is 3. The lowest BCUT2D eigenvalue weighted by Crippen LogP contribution is -2.55. The van der Waals surface area contributed by atoms with Gasteiger partial charge in [0.2, 0.25) is 0 Å². The molecule has 216 valence electrons. The van der Waals surface area contributed by atoms with Crippen molar-refractivity contribution in [3.63, 3.8) is 0 Å². The van der Waals surface area contributed by atoms with Crippen molar-refractivity contribution >= 4 is 35.5 Å². The Morgan fingerprint density at radius 3 is 2.33 bits per heavy atom. The summed E-state index contributed by atoms with van der Waals surface area (Å²) >= 11 is 0. The van der Waals surface area contributed by atoms with Crippen molar-refractivity contribution in [1.82, 2.24) is 4.90 Å². The molecule has 0 saturated carbocycles. The van der Waals surface area contributed by atoms with Crippen molar-refractivity contribution in [3.8, 4) is 12.3 Å². The Labute approximate surface area is 242 Å². The first-order chi connectivity index (χ1) is 20.3. The lowest BCUT2D eigenvalue weighted by atomic mass is 9.69. The number of rotatable bonds is 7. The molecule has 0 aliphatic carbocycles. The van der Waals surface area contributed by atoms with E-state index in [0.29, 0.717) is 12.1 Å². The van der Waals surface area contributed by atoms with Gasteiger partial charge in [-0.3, -0.25) is 0 Å². The first kappa shape index (κ1) is 28.4. The molecule has 3 aliphatic rings. The minimum absolute atomic E-state index is 0.00926. The molecule has 11 nitrogen and oxygen atoms in total. The van der Waals surface area contributed by atoms with E-state index in [0.717, 1.165) is 23.3 Å². The monoisotopic (exact) mass is 571 g/mol. The number of fused-ring (bicyclic) bond motifs is 1. The largest absolute Gasteiger partial charge is 0.467 e. The molecule has 1 amide bonds. The van der Waals surface area contributed by atoms with E-state index in [9.17, 15) is 19.2 Å². The number of carbonyl (C=O) groups excluding carboxylic acids is 4. The summed E-state index contributed by atoms with van der Waals surface area (Å²) in [5.41, 5.74) is 0.728. The van der Waals surface area contributed by atoms with Crippen LogP contribution in [0, 0.1) is 12.3 Å². The van der Waals surface area contributed by atoms with Crippen LogP contribution in [-0.4, -0.2) is 74.8 Å². The number of benzene rings is 2. The van der Waals surface area contributed by atoms with Gasteiger partial charge in [-0.05, 0) is 23.6 Å². The molecule has 1 spiro atoms. The first-order valence-electron chi connectivity index (χ1n) is 13.2. The SMILES string of the molecule is C#CCCOC(=O)N1C2=NC(C(=O)OC)=C(C(=O)OC)[C@@H]3N(Cc4ccccc4)c4ccccc4[C@]23C[C@H]1C(=O)OC. The van der Waals surface area contributed by atoms with Crippen molar-refractivity contribution in [2.75, 3.05) is 32.8 Å². The topological polar surface area (TPSA) is 124 Å². The van der Waals surface area contributed by atoms with Crippen LogP contribution in [0.3, 0.4) is 0 Å². The van der Waals surface area contributed by atoms with Gasteiger partial charge in [-0.25, -0.2) is 29.1 Å². The van der Waals surface area contributed by atoms with Crippen LogP contribution < -0.4 is 4.90 Å². The fraction of sp³-hybridized carbons (Fsp3) is 0.323. The first-order valence-corrected chi connectivity index (χ1v) is 13.2. The van der Waals surface area contributed by atoms with E-state index in [4.69, 9.17) is 25.4 Å².